The molecule has 2 rings (SSSR count). The summed E-state index contributed by atoms with van der Waals surface area (Å²) in [6.07, 6.45) is 1.75. The van der Waals surface area contributed by atoms with E-state index in [1.54, 1.807) is 51.4 Å². The molecule has 1 amide bonds. The van der Waals surface area contributed by atoms with Gasteiger partial charge in [0.05, 0.1) is 14.2 Å². The van der Waals surface area contributed by atoms with Crippen LogP contribution in [0, 0.1) is 0 Å². The highest BCUT2D eigenvalue weighted by molar-refractivity contribution is 7.80. The van der Waals surface area contributed by atoms with E-state index in [2.05, 4.69) is 0 Å². The third-order valence-corrected chi connectivity index (χ3v) is 3.74. The van der Waals surface area contributed by atoms with Gasteiger partial charge in [-0.05, 0) is 36.5 Å². The Morgan fingerprint density at radius 3 is 2.35 bits per heavy atom. The van der Waals surface area contributed by atoms with Gasteiger partial charge in [0.25, 0.3) is 5.91 Å². The highest BCUT2D eigenvalue weighted by atomic mass is 32.1. The summed E-state index contributed by atoms with van der Waals surface area (Å²) in [4.78, 5) is 15.3. The zero-order valence-corrected chi connectivity index (χ0v) is 12.7. The van der Waals surface area contributed by atoms with Gasteiger partial charge < -0.3 is 14.4 Å². The first-order valence-electron chi connectivity index (χ1n) is 5.99. The molecule has 1 fully saturated rings. The Balaban J connectivity index is 2.49. The van der Waals surface area contributed by atoms with Crippen LogP contribution in [0.25, 0.3) is 6.08 Å². The third-order valence-electron chi connectivity index (χ3n) is 3.19. The number of ether oxygens (including phenoxy) is 2. The quantitative estimate of drug-likeness (QED) is 0.627. The molecule has 0 bridgehead atoms. The van der Waals surface area contributed by atoms with Crippen molar-refractivity contribution in [2.24, 2.45) is 0 Å². The van der Waals surface area contributed by atoms with Crippen LogP contribution in [0.1, 0.15) is 5.56 Å². The van der Waals surface area contributed by atoms with Gasteiger partial charge in [-0.3, -0.25) is 9.69 Å². The Morgan fingerprint density at radius 2 is 1.85 bits per heavy atom. The van der Waals surface area contributed by atoms with E-state index >= 15 is 0 Å². The normalized spacial score (nSPS) is 17.1. The molecule has 0 unspecified atom stereocenters. The lowest BCUT2D eigenvalue weighted by Gasteiger charge is -2.12. The number of carbonyl (C=O) groups excluding carboxylic acids is 1. The molecule has 1 aromatic rings. The molecule has 1 saturated heterocycles. The van der Waals surface area contributed by atoms with Crippen molar-refractivity contribution < 1.29 is 14.3 Å². The van der Waals surface area contributed by atoms with E-state index in [0.717, 1.165) is 5.56 Å². The van der Waals surface area contributed by atoms with Crippen molar-refractivity contribution >= 4 is 29.3 Å². The molecule has 6 heteroatoms. The van der Waals surface area contributed by atoms with Gasteiger partial charge in [0.2, 0.25) is 0 Å². The number of benzene rings is 1. The summed E-state index contributed by atoms with van der Waals surface area (Å²) in [6, 6.07) is 5.42. The van der Waals surface area contributed by atoms with Crippen LogP contribution in [0.4, 0.5) is 0 Å². The summed E-state index contributed by atoms with van der Waals surface area (Å²) in [6.45, 7) is 0. The van der Waals surface area contributed by atoms with Gasteiger partial charge in [0, 0.05) is 19.7 Å². The number of nitrogens with zero attached hydrogens (tertiary/aromatic N) is 2. The highest BCUT2D eigenvalue weighted by Gasteiger charge is 2.32. The van der Waals surface area contributed by atoms with Gasteiger partial charge >= 0.3 is 0 Å². The van der Waals surface area contributed by atoms with Crippen LogP contribution in [0.3, 0.4) is 0 Å². The smallest absolute Gasteiger partial charge is 0.276 e. The maximum Gasteiger partial charge on any atom is 0.276 e. The van der Waals surface area contributed by atoms with Gasteiger partial charge in [0.1, 0.15) is 17.2 Å². The average molecular weight is 292 g/mol. The first kappa shape index (κ1) is 14.3. The van der Waals surface area contributed by atoms with Crippen LogP contribution < -0.4 is 9.47 Å². The van der Waals surface area contributed by atoms with E-state index in [9.17, 15) is 4.79 Å². The number of amides is 1. The van der Waals surface area contributed by atoms with Gasteiger partial charge in [-0.25, -0.2) is 0 Å². The standard InChI is InChI=1S/C14H16N2O3S/c1-15-11(13(17)16(2)14(15)20)8-9-7-10(18-3)5-6-12(9)19-4/h5-8H,1-4H3. The van der Waals surface area contributed by atoms with Gasteiger partial charge in [-0.2, -0.15) is 0 Å². The maximum atomic E-state index is 12.1. The molecule has 0 N–H and O–H groups in total. The number of hydrogen-bond acceptors (Lipinski definition) is 4. The van der Waals surface area contributed by atoms with Crippen LogP contribution >= 0.6 is 12.2 Å². The molecular formula is C14H16N2O3S. The Labute approximate surface area is 123 Å². The fraction of sp³-hybridized carbons (Fsp3) is 0.286. The molecule has 0 aliphatic carbocycles. The van der Waals surface area contributed by atoms with E-state index < -0.39 is 0 Å². The number of methoxy groups -OCH3 is 2. The Hall–Kier alpha value is -2.08. The zero-order valence-electron chi connectivity index (χ0n) is 11.8. The molecule has 5 nitrogen and oxygen atoms in total. The molecule has 1 heterocycles. The molecule has 1 aliphatic heterocycles. The molecule has 0 radical (unpaired) electrons. The topological polar surface area (TPSA) is 42.0 Å². The van der Waals surface area contributed by atoms with Gasteiger partial charge in [0.15, 0.2) is 5.11 Å². The first-order valence-corrected chi connectivity index (χ1v) is 6.40. The predicted octanol–water partition coefficient (Wildman–Crippen LogP) is 1.73. The van der Waals surface area contributed by atoms with Crippen LogP contribution in [-0.4, -0.2) is 49.1 Å². The van der Waals surface area contributed by atoms with Crippen molar-refractivity contribution in [1.82, 2.24) is 9.80 Å². The Bertz CT molecular complexity index is 598. The molecule has 0 atom stereocenters. The summed E-state index contributed by atoms with van der Waals surface area (Å²) in [5.41, 5.74) is 1.27. The zero-order chi connectivity index (χ0) is 14.9. The van der Waals surface area contributed by atoms with Crippen molar-refractivity contribution in [1.29, 1.82) is 0 Å². The monoisotopic (exact) mass is 292 g/mol. The number of likely N-dealkylation sites (N-methyl/N-ethyl adjacent to an activating group) is 2. The highest BCUT2D eigenvalue weighted by Crippen LogP contribution is 2.28. The molecular weight excluding hydrogens is 276 g/mol. The fourth-order valence-corrected chi connectivity index (χ4v) is 2.17. The number of thiocarbonyl (C=S) groups is 1. The number of carbonyl (C=O) groups is 1. The molecule has 106 valence electrons. The lowest BCUT2D eigenvalue weighted by Crippen LogP contribution is -2.26. The van der Waals surface area contributed by atoms with Crippen LogP contribution in [0.15, 0.2) is 23.9 Å². The summed E-state index contributed by atoms with van der Waals surface area (Å²) in [5, 5.41) is 0.475. The van der Waals surface area contributed by atoms with Crippen molar-refractivity contribution in [2.75, 3.05) is 28.3 Å². The second kappa shape index (κ2) is 5.50. The van der Waals surface area contributed by atoms with E-state index in [4.69, 9.17) is 21.7 Å². The second-order valence-electron chi connectivity index (χ2n) is 4.34. The van der Waals surface area contributed by atoms with Crippen LogP contribution in [-0.2, 0) is 4.79 Å². The first-order chi connectivity index (χ1) is 9.49. The summed E-state index contributed by atoms with van der Waals surface area (Å²) >= 11 is 5.18. The van der Waals surface area contributed by atoms with Gasteiger partial charge in [-0.15, -0.1) is 0 Å². The lowest BCUT2D eigenvalue weighted by molar-refractivity contribution is -0.121. The van der Waals surface area contributed by atoms with Crippen molar-refractivity contribution in [2.45, 2.75) is 0 Å². The van der Waals surface area contributed by atoms with E-state index in [1.807, 2.05) is 6.07 Å². The molecule has 1 aromatic carbocycles. The summed E-state index contributed by atoms with van der Waals surface area (Å²) < 4.78 is 10.5. The molecule has 20 heavy (non-hydrogen) atoms. The SMILES string of the molecule is COc1ccc(OC)c(C=C2C(=O)N(C)C(=S)N2C)c1. The number of rotatable bonds is 3. The Morgan fingerprint density at radius 1 is 1.15 bits per heavy atom. The fourth-order valence-electron chi connectivity index (χ4n) is 1.99. The van der Waals surface area contributed by atoms with Crippen molar-refractivity contribution in [3.05, 3.63) is 29.5 Å². The van der Waals surface area contributed by atoms with Crippen molar-refractivity contribution in [3.8, 4) is 11.5 Å². The van der Waals surface area contributed by atoms with Crippen molar-refractivity contribution in [3.63, 3.8) is 0 Å². The largest absolute Gasteiger partial charge is 0.497 e. The third kappa shape index (κ3) is 2.34. The predicted molar refractivity (Wildman–Crippen MR) is 80.7 cm³/mol. The second-order valence-corrected chi connectivity index (χ2v) is 4.71. The minimum atomic E-state index is -0.137. The summed E-state index contributed by atoms with van der Waals surface area (Å²) in [7, 11) is 6.60. The summed E-state index contributed by atoms with van der Waals surface area (Å²) in [5.74, 6) is 1.23. The molecule has 0 spiro atoms. The maximum absolute atomic E-state index is 12.1. The van der Waals surface area contributed by atoms with Crippen LogP contribution in [0.2, 0.25) is 0 Å². The molecule has 1 aliphatic rings. The van der Waals surface area contributed by atoms with E-state index in [0.29, 0.717) is 22.3 Å². The minimum Gasteiger partial charge on any atom is -0.497 e. The molecule has 0 aromatic heterocycles. The molecule has 0 saturated carbocycles. The lowest BCUT2D eigenvalue weighted by atomic mass is 10.1. The number of hydrogen-bond donors (Lipinski definition) is 0. The Kier molecular flexibility index (Phi) is 3.94. The average Bonchev–Trinajstić information content (AvgIpc) is 2.65. The van der Waals surface area contributed by atoms with Crippen LogP contribution in [0.5, 0.6) is 11.5 Å². The van der Waals surface area contributed by atoms with Gasteiger partial charge in [-0.1, -0.05) is 0 Å². The minimum absolute atomic E-state index is 0.137. The van der Waals surface area contributed by atoms with E-state index in [-0.39, 0.29) is 5.91 Å². The van der Waals surface area contributed by atoms with E-state index in [1.165, 1.54) is 4.90 Å².